The van der Waals surface area contributed by atoms with E-state index >= 15 is 0 Å². The van der Waals surface area contributed by atoms with E-state index in [0.29, 0.717) is 0 Å². The lowest BCUT2D eigenvalue weighted by Crippen LogP contribution is -1.89. The first kappa shape index (κ1) is 7.85. The third-order valence-corrected chi connectivity index (χ3v) is 1.91. The van der Waals surface area contributed by atoms with Gasteiger partial charge in [0.1, 0.15) is 5.82 Å². The fourth-order valence-corrected chi connectivity index (χ4v) is 1.26. The molecule has 0 atom stereocenters. The van der Waals surface area contributed by atoms with Crippen molar-refractivity contribution < 1.29 is 0 Å². The molecule has 2 heterocycles. The quantitative estimate of drug-likeness (QED) is 0.715. The number of anilines is 1. The second kappa shape index (κ2) is 2.93. The molecule has 0 saturated heterocycles. The number of aromatic amines is 1. The van der Waals surface area contributed by atoms with E-state index in [-0.39, 0.29) is 0 Å². The molecule has 0 saturated carbocycles. The van der Waals surface area contributed by atoms with E-state index in [1.54, 1.807) is 10.9 Å². The third kappa shape index (κ3) is 1.28. The monoisotopic (exact) mass is 177 g/mol. The molecule has 0 aliphatic carbocycles. The summed E-state index contributed by atoms with van der Waals surface area (Å²) in [5.41, 5.74) is 2.09. The van der Waals surface area contributed by atoms with Crippen LogP contribution in [0.25, 0.3) is 11.1 Å². The number of nitrogens with one attached hydrogen (secondary N) is 2. The van der Waals surface area contributed by atoms with Gasteiger partial charge in [-0.1, -0.05) is 0 Å². The van der Waals surface area contributed by atoms with Gasteiger partial charge in [0.15, 0.2) is 0 Å². The molecule has 2 aromatic rings. The van der Waals surface area contributed by atoms with Gasteiger partial charge in [-0.2, -0.15) is 10.2 Å². The van der Waals surface area contributed by atoms with Gasteiger partial charge in [0, 0.05) is 31.4 Å². The minimum absolute atomic E-state index is 0.910. The molecule has 0 aliphatic rings. The zero-order chi connectivity index (χ0) is 9.26. The average Bonchev–Trinajstić information content (AvgIpc) is 2.71. The summed E-state index contributed by atoms with van der Waals surface area (Å²) in [5, 5.41) is 13.9. The van der Waals surface area contributed by atoms with Crippen LogP contribution in [0.5, 0.6) is 0 Å². The van der Waals surface area contributed by atoms with Crippen molar-refractivity contribution in [3.05, 3.63) is 18.6 Å². The van der Waals surface area contributed by atoms with Crippen molar-refractivity contribution in [1.82, 2.24) is 20.0 Å². The topological polar surface area (TPSA) is 58.5 Å². The fraction of sp³-hybridized carbons (Fsp3) is 0.250. The molecule has 0 fully saturated rings. The second-order valence-corrected chi connectivity index (χ2v) is 2.81. The van der Waals surface area contributed by atoms with E-state index in [4.69, 9.17) is 0 Å². The van der Waals surface area contributed by atoms with E-state index in [9.17, 15) is 0 Å². The van der Waals surface area contributed by atoms with Crippen molar-refractivity contribution in [1.29, 1.82) is 0 Å². The molecule has 0 spiro atoms. The Kier molecular flexibility index (Phi) is 1.77. The van der Waals surface area contributed by atoms with Gasteiger partial charge in [-0.25, -0.2) is 0 Å². The van der Waals surface area contributed by atoms with Crippen LogP contribution in [0.1, 0.15) is 0 Å². The molecule has 0 aromatic carbocycles. The van der Waals surface area contributed by atoms with Crippen molar-refractivity contribution >= 4 is 5.82 Å². The molecule has 5 heteroatoms. The van der Waals surface area contributed by atoms with E-state index in [1.165, 1.54) is 0 Å². The molecule has 2 N–H and O–H groups in total. The zero-order valence-corrected chi connectivity index (χ0v) is 7.57. The number of aromatic nitrogens is 4. The maximum atomic E-state index is 4.10. The maximum absolute atomic E-state index is 4.10. The Labute approximate surface area is 75.8 Å². The van der Waals surface area contributed by atoms with Crippen LogP contribution in [-0.4, -0.2) is 27.0 Å². The Hall–Kier alpha value is -1.78. The minimum atomic E-state index is 0.910. The highest BCUT2D eigenvalue weighted by Crippen LogP contribution is 2.24. The number of H-pyrrole nitrogens is 1. The molecule has 13 heavy (non-hydrogen) atoms. The third-order valence-electron chi connectivity index (χ3n) is 1.91. The smallest absolute Gasteiger partial charge is 0.129 e. The molecular weight excluding hydrogens is 166 g/mol. The zero-order valence-electron chi connectivity index (χ0n) is 7.57. The van der Waals surface area contributed by atoms with Crippen LogP contribution in [0.4, 0.5) is 5.82 Å². The molecule has 0 bridgehead atoms. The maximum Gasteiger partial charge on any atom is 0.129 e. The van der Waals surface area contributed by atoms with Gasteiger partial charge >= 0.3 is 0 Å². The van der Waals surface area contributed by atoms with Crippen LogP contribution in [-0.2, 0) is 7.05 Å². The highest BCUT2D eigenvalue weighted by atomic mass is 15.2. The summed E-state index contributed by atoms with van der Waals surface area (Å²) in [4.78, 5) is 0. The normalized spacial score (nSPS) is 10.3. The number of hydrogen-bond donors (Lipinski definition) is 2. The Balaban J connectivity index is 2.45. The molecule has 0 aliphatic heterocycles. The Morgan fingerprint density at radius 3 is 2.92 bits per heavy atom. The van der Waals surface area contributed by atoms with Crippen LogP contribution in [0, 0.1) is 0 Å². The lowest BCUT2D eigenvalue weighted by Gasteiger charge is -1.97. The highest BCUT2D eigenvalue weighted by molar-refractivity contribution is 5.73. The van der Waals surface area contributed by atoms with Gasteiger partial charge in [-0.15, -0.1) is 0 Å². The van der Waals surface area contributed by atoms with Gasteiger partial charge in [0.05, 0.1) is 12.4 Å². The van der Waals surface area contributed by atoms with E-state index in [0.717, 1.165) is 16.9 Å². The Morgan fingerprint density at radius 1 is 1.46 bits per heavy atom. The number of rotatable bonds is 2. The van der Waals surface area contributed by atoms with Gasteiger partial charge in [-0.3, -0.25) is 9.78 Å². The van der Waals surface area contributed by atoms with Gasteiger partial charge in [0.25, 0.3) is 0 Å². The fourth-order valence-electron chi connectivity index (χ4n) is 1.26. The predicted octanol–water partition coefficient (Wildman–Crippen LogP) is 0.852. The van der Waals surface area contributed by atoms with Gasteiger partial charge in [0.2, 0.25) is 0 Å². The summed E-state index contributed by atoms with van der Waals surface area (Å²) in [6, 6.07) is 0. The summed E-state index contributed by atoms with van der Waals surface area (Å²) in [6.07, 6.45) is 5.54. The molecule has 2 aromatic heterocycles. The summed E-state index contributed by atoms with van der Waals surface area (Å²) in [6.45, 7) is 0. The van der Waals surface area contributed by atoms with E-state index in [2.05, 4.69) is 20.6 Å². The Morgan fingerprint density at radius 2 is 2.31 bits per heavy atom. The van der Waals surface area contributed by atoms with Gasteiger partial charge < -0.3 is 5.32 Å². The molecule has 2 rings (SSSR count). The minimum Gasteiger partial charge on any atom is -0.373 e. The summed E-state index contributed by atoms with van der Waals surface area (Å²) in [5.74, 6) is 0.910. The molecule has 0 radical (unpaired) electrons. The largest absolute Gasteiger partial charge is 0.373 e. The van der Waals surface area contributed by atoms with Crippen LogP contribution in [0.15, 0.2) is 18.6 Å². The summed E-state index contributed by atoms with van der Waals surface area (Å²) in [7, 11) is 3.75. The van der Waals surface area contributed by atoms with Crippen molar-refractivity contribution in [2.75, 3.05) is 12.4 Å². The van der Waals surface area contributed by atoms with Crippen LogP contribution in [0.2, 0.25) is 0 Å². The van der Waals surface area contributed by atoms with E-state index in [1.807, 2.05) is 26.5 Å². The number of hydrogen-bond acceptors (Lipinski definition) is 3. The van der Waals surface area contributed by atoms with Crippen molar-refractivity contribution in [2.45, 2.75) is 0 Å². The molecule has 5 nitrogen and oxygen atoms in total. The standard InChI is InChI=1S/C8H11N5/c1-9-8-7(4-10-12-8)6-3-11-13(2)5-6/h3-5H,1-2H3,(H2,9,10,12). The number of aryl methyl sites for hydroxylation is 1. The highest BCUT2D eigenvalue weighted by Gasteiger charge is 2.06. The first-order chi connectivity index (χ1) is 6.31. The lowest BCUT2D eigenvalue weighted by molar-refractivity contribution is 0.768. The van der Waals surface area contributed by atoms with Crippen molar-refractivity contribution in [3.63, 3.8) is 0 Å². The average molecular weight is 177 g/mol. The van der Waals surface area contributed by atoms with Crippen molar-refractivity contribution in [2.24, 2.45) is 7.05 Å². The first-order valence-corrected chi connectivity index (χ1v) is 4.01. The molecule has 68 valence electrons. The first-order valence-electron chi connectivity index (χ1n) is 4.01. The van der Waals surface area contributed by atoms with Crippen LogP contribution in [0.3, 0.4) is 0 Å². The molecule has 0 amide bonds. The summed E-state index contributed by atoms with van der Waals surface area (Å²) < 4.78 is 1.77. The molecular formula is C8H11N5. The lowest BCUT2D eigenvalue weighted by atomic mass is 10.2. The second-order valence-electron chi connectivity index (χ2n) is 2.81. The van der Waals surface area contributed by atoms with Crippen LogP contribution < -0.4 is 5.32 Å². The Bertz CT molecular complexity index is 400. The van der Waals surface area contributed by atoms with E-state index < -0.39 is 0 Å². The SMILES string of the molecule is CNc1[nH]ncc1-c1cnn(C)c1. The predicted molar refractivity (Wildman–Crippen MR) is 50.3 cm³/mol. The van der Waals surface area contributed by atoms with Gasteiger partial charge in [-0.05, 0) is 0 Å². The number of nitrogens with zero attached hydrogens (tertiary/aromatic N) is 3. The van der Waals surface area contributed by atoms with Crippen molar-refractivity contribution in [3.8, 4) is 11.1 Å². The van der Waals surface area contributed by atoms with Crippen LogP contribution >= 0.6 is 0 Å². The molecule has 0 unspecified atom stereocenters. The summed E-state index contributed by atoms with van der Waals surface area (Å²) >= 11 is 0.